The van der Waals surface area contributed by atoms with E-state index >= 15 is 0 Å². The number of pyridine rings is 1. The molecule has 1 rings (SSSR count). The summed E-state index contributed by atoms with van der Waals surface area (Å²) in [5.74, 6) is 0.803. The third-order valence-electron chi connectivity index (χ3n) is 2.46. The van der Waals surface area contributed by atoms with Gasteiger partial charge in [-0.05, 0) is 48.3 Å². The molecule has 1 unspecified atom stereocenters. The lowest BCUT2D eigenvalue weighted by molar-refractivity contribution is 0.0636. The van der Waals surface area contributed by atoms with Crippen LogP contribution in [0.4, 0.5) is 5.82 Å². The lowest BCUT2D eigenvalue weighted by Crippen LogP contribution is -2.33. The summed E-state index contributed by atoms with van der Waals surface area (Å²) in [5, 5.41) is 13.2. The molecule has 0 aliphatic carbocycles. The summed E-state index contributed by atoms with van der Waals surface area (Å²) in [5.41, 5.74) is 0.275. The molecule has 0 aromatic carbocycles. The van der Waals surface area contributed by atoms with Gasteiger partial charge in [0, 0.05) is 11.0 Å². The highest BCUT2D eigenvalue weighted by Gasteiger charge is 2.18. The van der Waals surface area contributed by atoms with Crippen LogP contribution in [0.1, 0.15) is 32.4 Å². The molecule has 3 nitrogen and oxygen atoms in total. The predicted molar refractivity (Wildman–Crippen MR) is 70.7 cm³/mol. The van der Waals surface area contributed by atoms with E-state index in [4.69, 9.17) is 0 Å². The highest BCUT2D eigenvalue weighted by molar-refractivity contribution is 9.10. The number of hydrogen-bond acceptors (Lipinski definition) is 3. The summed E-state index contributed by atoms with van der Waals surface area (Å²) in [6, 6.07) is 3.86. The van der Waals surface area contributed by atoms with Crippen molar-refractivity contribution in [2.24, 2.45) is 0 Å². The van der Waals surface area contributed by atoms with E-state index in [9.17, 15) is 5.11 Å². The van der Waals surface area contributed by atoms with E-state index in [-0.39, 0.29) is 0 Å². The van der Waals surface area contributed by atoms with Crippen LogP contribution in [0.15, 0.2) is 16.6 Å². The Morgan fingerprint density at radius 3 is 2.75 bits per heavy atom. The highest BCUT2D eigenvalue weighted by atomic mass is 79.9. The van der Waals surface area contributed by atoms with E-state index in [1.807, 2.05) is 26.0 Å². The zero-order valence-corrected chi connectivity index (χ0v) is 11.6. The largest absolute Gasteiger partial charge is 0.388 e. The Morgan fingerprint density at radius 2 is 2.19 bits per heavy atom. The van der Waals surface area contributed by atoms with Crippen molar-refractivity contribution in [3.05, 3.63) is 22.3 Å². The van der Waals surface area contributed by atoms with Gasteiger partial charge in [0.15, 0.2) is 0 Å². The van der Waals surface area contributed by atoms with E-state index in [2.05, 4.69) is 33.2 Å². The van der Waals surface area contributed by atoms with Gasteiger partial charge in [-0.15, -0.1) is 0 Å². The molecular formula is C12H19BrN2O. The maximum absolute atomic E-state index is 10.0. The van der Waals surface area contributed by atoms with Gasteiger partial charge in [-0.25, -0.2) is 4.98 Å². The Labute approximate surface area is 105 Å². The fraction of sp³-hybridized carbons (Fsp3) is 0.583. The van der Waals surface area contributed by atoms with Crippen LogP contribution < -0.4 is 5.32 Å². The first-order chi connectivity index (χ1) is 7.44. The molecule has 0 saturated carbocycles. The second kappa shape index (κ2) is 5.64. The molecule has 0 aliphatic rings. The van der Waals surface area contributed by atoms with Crippen LogP contribution in [-0.4, -0.2) is 22.2 Å². The van der Waals surface area contributed by atoms with Crippen molar-refractivity contribution in [3.63, 3.8) is 0 Å². The summed E-state index contributed by atoms with van der Waals surface area (Å²) in [7, 11) is 0. The fourth-order valence-electron chi connectivity index (χ4n) is 1.55. The SMILES string of the molecule is CCCC(C)(O)CNc1ccc(Br)c(C)n1. The average molecular weight is 287 g/mol. The lowest BCUT2D eigenvalue weighted by Gasteiger charge is -2.23. The smallest absolute Gasteiger partial charge is 0.126 e. The van der Waals surface area contributed by atoms with Crippen molar-refractivity contribution in [3.8, 4) is 0 Å². The zero-order valence-electron chi connectivity index (χ0n) is 10.0. The molecule has 0 bridgehead atoms. The molecule has 0 amide bonds. The van der Waals surface area contributed by atoms with E-state index in [1.165, 1.54) is 0 Å². The van der Waals surface area contributed by atoms with Crippen molar-refractivity contribution in [1.29, 1.82) is 0 Å². The zero-order chi connectivity index (χ0) is 12.2. The molecule has 2 N–H and O–H groups in total. The van der Waals surface area contributed by atoms with E-state index in [0.29, 0.717) is 6.54 Å². The summed E-state index contributed by atoms with van der Waals surface area (Å²) in [6.45, 7) is 6.38. The number of hydrogen-bond donors (Lipinski definition) is 2. The molecule has 0 saturated heterocycles. The van der Waals surface area contributed by atoms with Gasteiger partial charge in [0.05, 0.1) is 11.3 Å². The Kier molecular flexibility index (Phi) is 4.74. The molecular weight excluding hydrogens is 268 g/mol. The van der Waals surface area contributed by atoms with Crippen molar-refractivity contribution < 1.29 is 5.11 Å². The van der Waals surface area contributed by atoms with Gasteiger partial charge in [0.25, 0.3) is 0 Å². The number of aryl methyl sites for hydroxylation is 1. The second-order valence-corrected chi connectivity index (χ2v) is 5.22. The number of anilines is 1. The van der Waals surface area contributed by atoms with E-state index in [0.717, 1.165) is 28.8 Å². The minimum Gasteiger partial charge on any atom is -0.388 e. The minimum absolute atomic E-state index is 0.523. The molecule has 1 heterocycles. The third kappa shape index (κ3) is 4.10. The van der Waals surface area contributed by atoms with Crippen molar-refractivity contribution in [1.82, 2.24) is 4.98 Å². The van der Waals surface area contributed by atoms with Crippen LogP contribution in [0.3, 0.4) is 0 Å². The van der Waals surface area contributed by atoms with Crippen LogP contribution in [0.5, 0.6) is 0 Å². The number of rotatable bonds is 5. The molecule has 0 aliphatic heterocycles. The molecule has 0 fully saturated rings. The van der Waals surface area contributed by atoms with Crippen LogP contribution in [-0.2, 0) is 0 Å². The Balaban J connectivity index is 2.57. The van der Waals surface area contributed by atoms with Gasteiger partial charge in [-0.1, -0.05) is 13.3 Å². The van der Waals surface area contributed by atoms with Crippen LogP contribution in [0, 0.1) is 6.92 Å². The van der Waals surface area contributed by atoms with Crippen molar-refractivity contribution >= 4 is 21.7 Å². The Morgan fingerprint density at radius 1 is 1.50 bits per heavy atom. The van der Waals surface area contributed by atoms with Crippen molar-refractivity contribution in [2.45, 2.75) is 39.2 Å². The first kappa shape index (κ1) is 13.5. The first-order valence-electron chi connectivity index (χ1n) is 5.54. The molecule has 16 heavy (non-hydrogen) atoms. The van der Waals surface area contributed by atoms with Gasteiger partial charge in [-0.3, -0.25) is 0 Å². The number of halogens is 1. The quantitative estimate of drug-likeness (QED) is 0.874. The number of aliphatic hydroxyl groups is 1. The topological polar surface area (TPSA) is 45.1 Å². The maximum atomic E-state index is 10.0. The van der Waals surface area contributed by atoms with Gasteiger partial charge >= 0.3 is 0 Å². The van der Waals surface area contributed by atoms with Gasteiger partial charge < -0.3 is 10.4 Å². The molecule has 1 aromatic heterocycles. The Bertz CT molecular complexity index is 353. The van der Waals surface area contributed by atoms with Crippen molar-refractivity contribution in [2.75, 3.05) is 11.9 Å². The Hall–Kier alpha value is -0.610. The molecule has 90 valence electrons. The molecule has 4 heteroatoms. The number of nitrogens with zero attached hydrogens (tertiary/aromatic N) is 1. The number of nitrogens with one attached hydrogen (secondary N) is 1. The second-order valence-electron chi connectivity index (χ2n) is 4.36. The predicted octanol–water partition coefficient (Wildman–Crippen LogP) is 3.12. The fourth-order valence-corrected chi connectivity index (χ4v) is 1.77. The summed E-state index contributed by atoms with van der Waals surface area (Å²) < 4.78 is 0.998. The van der Waals surface area contributed by atoms with Crippen LogP contribution in [0.2, 0.25) is 0 Å². The normalized spacial score (nSPS) is 14.6. The van der Waals surface area contributed by atoms with Gasteiger partial charge in [0.2, 0.25) is 0 Å². The first-order valence-corrected chi connectivity index (χ1v) is 6.33. The maximum Gasteiger partial charge on any atom is 0.126 e. The number of aromatic nitrogens is 1. The molecule has 1 atom stereocenters. The minimum atomic E-state index is -0.669. The summed E-state index contributed by atoms with van der Waals surface area (Å²) in [6.07, 6.45) is 1.76. The molecule has 1 aromatic rings. The summed E-state index contributed by atoms with van der Waals surface area (Å²) >= 11 is 3.41. The van der Waals surface area contributed by atoms with Gasteiger partial charge in [-0.2, -0.15) is 0 Å². The van der Waals surface area contributed by atoms with Gasteiger partial charge in [0.1, 0.15) is 5.82 Å². The lowest BCUT2D eigenvalue weighted by atomic mass is 10.0. The average Bonchev–Trinajstić information content (AvgIpc) is 2.20. The van der Waals surface area contributed by atoms with E-state index in [1.54, 1.807) is 0 Å². The molecule has 0 radical (unpaired) electrons. The summed E-state index contributed by atoms with van der Waals surface area (Å²) in [4.78, 5) is 4.37. The highest BCUT2D eigenvalue weighted by Crippen LogP contribution is 2.17. The van der Waals surface area contributed by atoms with Crippen LogP contribution >= 0.6 is 15.9 Å². The third-order valence-corrected chi connectivity index (χ3v) is 3.30. The van der Waals surface area contributed by atoms with E-state index < -0.39 is 5.60 Å². The standard InChI is InChI=1S/C12H19BrN2O/c1-4-7-12(3,16)8-14-11-6-5-10(13)9(2)15-11/h5-6,16H,4,7-8H2,1-3H3,(H,14,15). The van der Waals surface area contributed by atoms with Crippen LogP contribution in [0.25, 0.3) is 0 Å². The monoisotopic (exact) mass is 286 g/mol. The molecule has 0 spiro atoms.